The van der Waals surface area contributed by atoms with Crippen molar-refractivity contribution in [3.05, 3.63) is 29.3 Å². The summed E-state index contributed by atoms with van der Waals surface area (Å²) >= 11 is 3.44. The third kappa shape index (κ3) is 2.87. The van der Waals surface area contributed by atoms with Gasteiger partial charge in [-0.25, -0.2) is 0 Å². The van der Waals surface area contributed by atoms with Crippen molar-refractivity contribution in [2.75, 3.05) is 18.0 Å². The van der Waals surface area contributed by atoms with E-state index in [1.54, 1.807) is 0 Å². The summed E-state index contributed by atoms with van der Waals surface area (Å²) in [4.78, 5) is 2.36. The van der Waals surface area contributed by atoms with E-state index in [1.165, 1.54) is 24.8 Å². The van der Waals surface area contributed by atoms with Crippen molar-refractivity contribution < 1.29 is 0 Å². The summed E-state index contributed by atoms with van der Waals surface area (Å²) in [5.74, 6) is 0.869. The van der Waals surface area contributed by atoms with Crippen LogP contribution in [0.1, 0.15) is 37.3 Å². The standard InChI is InChI=1S/C15H19BrN2/c1-2-12-5-7-18(8-6-12)15-4-3-13(10-16)9-14(15)11-17/h3-4,9,12H,2,5-8,10H2,1H3. The molecule has 0 atom stereocenters. The van der Waals surface area contributed by atoms with Gasteiger partial charge in [-0.1, -0.05) is 35.3 Å². The summed E-state index contributed by atoms with van der Waals surface area (Å²) in [5.41, 5.74) is 3.08. The first-order valence-electron chi connectivity index (χ1n) is 6.62. The van der Waals surface area contributed by atoms with Crippen LogP contribution in [-0.4, -0.2) is 13.1 Å². The third-order valence-electron chi connectivity index (χ3n) is 3.87. The highest BCUT2D eigenvalue weighted by molar-refractivity contribution is 9.08. The SMILES string of the molecule is CCC1CCN(c2ccc(CBr)cc2C#N)CC1. The van der Waals surface area contributed by atoms with Gasteiger partial charge in [-0.05, 0) is 36.5 Å². The molecule has 2 rings (SSSR count). The fourth-order valence-electron chi connectivity index (χ4n) is 2.61. The molecule has 0 aromatic heterocycles. The van der Waals surface area contributed by atoms with Gasteiger partial charge in [-0.2, -0.15) is 5.26 Å². The Bertz CT molecular complexity index is 442. The lowest BCUT2D eigenvalue weighted by molar-refractivity contribution is 0.395. The maximum atomic E-state index is 9.28. The van der Waals surface area contributed by atoms with Crippen LogP contribution >= 0.6 is 15.9 Å². The van der Waals surface area contributed by atoms with E-state index in [-0.39, 0.29) is 0 Å². The van der Waals surface area contributed by atoms with Gasteiger partial charge in [0, 0.05) is 18.4 Å². The zero-order valence-corrected chi connectivity index (χ0v) is 12.4. The highest BCUT2D eigenvalue weighted by Crippen LogP contribution is 2.28. The minimum absolute atomic E-state index is 0.805. The molecule has 0 saturated carbocycles. The monoisotopic (exact) mass is 306 g/mol. The predicted octanol–water partition coefficient (Wildman–Crippen LogP) is 4.08. The summed E-state index contributed by atoms with van der Waals surface area (Å²) in [5, 5.41) is 10.1. The average molecular weight is 307 g/mol. The Morgan fingerprint density at radius 3 is 2.67 bits per heavy atom. The minimum atomic E-state index is 0.805. The van der Waals surface area contributed by atoms with Gasteiger partial charge in [0.1, 0.15) is 6.07 Å². The van der Waals surface area contributed by atoms with Gasteiger partial charge in [0.25, 0.3) is 0 Å². The molecule has 0 N–H and O–H groups in total. The van der Waals surface area contributed by atoms with E-state index in [9.17, 15) is 5.26 Å². The maximum absolute atomic E-state index is 9.28. The van der Waals surface area contributed by atoms with E-state index in [1.807, 2.05) is 6.07 Å². The highest BCUT2D eigenvalue weighted by Gasteiger charge is 2.19. The Hall–Kier alpha value is -1.01. The molecule has 0 unspecified atom stereocenters. The maximum Gasteiger partial charge on any atom is 0.101 e. The zero-order valence-electron chi connectivity index (χ0n) is 10.8. The Morgan fingerprint density at radius 2 is 2.11 bits per heavy atom. The molecule has 0 radical (unpaired) electrons. The average Bonchev–Trinajstić information content (AvgIpc) is 2.46. The first-order valence-corrected chi connectivity index (χ1v) is 7.74. The molecule has 1 aliphatic heterocycles. The summed E-state index contributed by atoms with van der Waals surface area (Å²) in [7, 11) is 0. The summed E-state index contributed by atoms with van der Waals surface area (Å²) < 4.78 is 0. The molecule has 0 spiro atoms. The number of hydrogen-bond donors (Lipinski definition) is 0. The number of hydrogen-bond acceptors (Lipinski definition) is 2. The molecule has 0 bridgehead atoms. The van der Waals surface area contributed by atoms with Crippen LogP contribution in [-0.2, 0) is 5.33 Å². The van der Waals surface area contributed by atoms with Crippen LogP contribution < -0.4 is 4.90 Å². The van der Waals surface area contributed by atoms with Crippen LogP contribution in [0.3, 0.4) is 0 Å². The lowest BCUT2D eigenvalue weighted by Gasteiger charge is -2.33. The molecule has 1 heterocycles. The van der Waals surface area contributed by atoms with Gasteiger partial charge in [0.15, 0.2) is 0 Å². The van der Waals surface area contributed by atoms with Gasteiger partial charge in [-0.3, -0.25) is 0 Å². The number of benzene rings is 1. The molecular weight excluding hydrogens is 288 g/mol. The minimum Gasteiger partial charge on any atom is -0.370 e. The van der Waals surface area contributed by atoms with Gasteiger partial charge in [0.2, 0.25) is 0 Å². The summed E-state index contributed by atoms with van der Waals surface area (Å²) in [6.07, 6.45) is 3.78. The second-order valence-electron chi connectivity index (χ2n) is 4.94. The number of rotatable bonds is 3. The molecule has 0 amide bonds. The number of piperidine rings is 1. The lowest BCUT2D eigenvalue weighted by atomic mass is 9.93. The lowest BCUT2D eigenvalue weighted by Crippen LogP contribution is -2.33. The van der Waals surface area contributed by atoms with Crippen LogP contribution in [0.25, 0.3) is 0 Å². The molecule has 1 saturated heterocycles. The van der Waals surface area contributed by atoms with Crippen molar-refractivity contribution in [1.29, 1.82) is 5.26 Å². The largest absolute Gasteiger partial charge is 0.370 e. The Balaban J connectivity index is 2.16. The summed E-state index contributed by atoms with van der Waals surface area (Å²) in [6, 6.07) is 8.53. The van der Waals surface area contributed by atoms with Crippen molar-refractivity contribution in [3.8, 4) is 6.07 Å². The molecule has 1 aromatic carbocycles. The van der Waals surface area contributed by atoms with Crippen LogP contribution in [0.15, 0.2) is 18.2 Å². The van der Waals surface area contributed by atoms with E-state index in [2.05, 4.69) is 46.0 Å². The number of alkyl halides is 1. The van der Waals surface area contributed by atoms with E-state index in [0.29, 0.717) is 0 Å². The molecule has 0 aliphatic carbocycles. The molecule has 1 aliphatic rings. The topological polar surface area (TPSA) is 27.0 Å². The second kappa shape index (κ2) is 6.24. The number of nitrogens with zero attached hydrogens (tertiary/aromatic N) is 2. The van der Waals surface area contributed by atoms with Crippen molar-refractivity contribution in [1.82, 2.24) is 0 Å². The van der Waals surface area contributed by atoms with Crippen LogP contribution in [0.4, 0.5) is 5.69 Å². The third-order valence-corrected chi connectivity index (χ3v) is 4.52. The number of halogens is 1. The van der Waals surface area contributed by atoms with E-state index in [0.717, 1.165) is 35.6 Å². The van der Waals surface area contributed by atoms with E-state index < -0.39 is 0 Å². The predicted molar refractivity (Wildman–Crippen MR) is 79.0 cm³/mol. The van der Waals surface area contributed by atoms with Crippen LogP contribution in [0.5, 0.6) is 0 Å². The smallest absolute Gasteiger partial charge is 0.101 e. The molecule has 18 heavy (non-hydrogen) atoms. The quantitative estimate of drug-likeness (QED) is 0.787. The van der Waals surface area contributed by atoms with Crippen molar-refractivity contribution in [2.45, 2.75) is 31.5 Å². The van der Waals surface area contributed by atoms with Crippen LogP contribution in [0.2, 0.25) is 0 Å². The first kappa shape index (κ1) is 13.4. The highest BCUT2D eigenvalue weighted by atomic mass is 79.9. The Kier molecular flexibility index (Phi) is 4.66. The second-order valence-corrected chi connectivity index (χ2v) is 5.50. The molecule has 3 heteroatoms. The van der Waals surface area contributed by atoms with Gasteiger partial charge in [0.05, 0.1) is 11.3 Å². The van der Waals surface area contributed by atoms with Crippen molar-refractivity contribution >= 4 is 21.6 Å². The Labute approximate surface area is 118 Å². The zero-order chi connectivity index (χ0) is 13.0. The molecule has 1 fully saturated rings. The van der Waals surface area contributed by atoms with E-state index in [4.69, 9.17) is 0 Å². The molecule has 2 nitrogen and oxygen atoms in total. The molecular formula is C15H19BrN2. The van der Waals surface area contributed by atoms with Crippen molar-refractivity contribution in [3.63, 3.8) is 0 Å². The normalized spacial score (nSPS) is 16.6. The Morgan fingerprint density at radius 1 is 1.39 bits per heavy atom. The molecule has 96 valence electrons. The fourth-order valence-corrected chi connectivity index (χ4v) is 2.96. The summed E-state index contributed by atoms with van der Waals surface area (Å²) in [6.45, 7) is 4.44. The molecule has 1 aromatic rings. The fraction of sp³-hybridized carbons (Fsp3) is 0.533. The van der Waals surface area contributed by atoms with Crippen LogP contribution in [0, 0.1) is 17.2 Å². The number of anilines is 1. The van der Waals surface area contributed by atoms with Gasteiger partial charge in [-0.15, -0.1) is 0 Å². The van der Waals surface area contributed by atoms with E-state index >= 15 is 0 Å². The first-order chi connectivity index (χ1) is 8.78. The van der Waals surface area contributed by atoms with Crippen molar-refractivity contribution in [2.24, 2.45) is 5.92 Å². The van der Waals surface area contributed by atoms with Gasteiger partial charge >= 0.3 is 0 Å². The number of nitriles is 1. The van der Waals surface area contributed by atoms with Gasteiger partial charge < -0.3 is 4.90 Å².